The third-order valence-corrected chi connectivity index (χ3v) is 6.84. The summed E-state index contributed by atoms with van der Waals surface area (Å²) < 4.78 is 42.6. The maximum Gasteiger partial charge on any atom is 0.573 e. The molecule has 1 amide bonds. The maximum atomic E-state index is 13.1. The Kier molecular flexibility index (Phi) is 5.39. The number of nitrogens with zero attached hydrogens (tertiary/aromatic N) is 3. The highest BCUT2D eigenvalue weighted by atomic mass is 19.4. The van der Waals surface area contributed by atoms with Crippen molar-refractivity contribution in [1.29, 1.82) is 0 Å². The largest absolute Gasteiger partial charge is 0.573 e. The number of carbonyl (C=O) groups excluding carboxylic acids is 1. The van der Waals surface area contributed by atoms with Crippen LogP contribution in [0.15, 0.2) is 58.2 Å². The molecule has 4 atom stereocenters. The van der Waals surface area contributed by atoms with E-state index in [9.17, 15) is 18.0 Å². The Morgan fingerprint density at radius 3 is 2.62 bits per heavy atom. The Hall–Kier alpha value is -2.90. The van der Waals surface area contributed by atoms with E-state index in [-0.39, 0.29) is 35.3 Å². The van der Waals surface area contributed by atoms with Gasteiger partial charge < -0.3 is 9.64 Å². The SMILES string of the molecule is O=C(C1=CC2CC/C=C\C=N/C2=N1)N1C[C@H]2C[C@@H](c3ccccc3OC(F)(F)F)C[C@H]2C1. The molecule has 1 aliphatic carbocycles. The number of benzene rings is 1. The van der Waals surface area contributed by atoms with Gasteiger partial charge in [-0.2, -0.15) is 0 Å². The summed E-state index contributed by atoms with van der Waals surface area (Å²) in [7, 11) is 0. The highest BCUT2D eigenvalue weighted by molar-refractivity contribution is 6.04. The van der Waals surface area contributed by atoms with Crippen molar-refractivity contribution >= 4 is 18.0 Å². The minimum absolute atomic E-state index is 0.00366. The molecule has 0 N–H and O–H groups in total. The Bertz CT molecular complexity index is 1010. The van der Waals surface area contributed by atoms with Crippen LogP contribution in [0.3, 0.4) is 0 Å². The van der Waals surface area contributed by atoms with Crippen molar-refractivity contribution in [3.63, 3.8) is 0 Å². The summed E-state index contributed by atoms with van der Waals surface area (Å²) in [6.45, 7) is 1.22. The molecule has 1 saturated carbocycles. The molecule has 1 unspecified atom stereocenters. The van der Waals surface area contributed by atoms with Crippen LogP contribution >= 0.6 is 0 Å². The van der Waals surface area contributed by atoms with Gasteiger partial charge in [0.1, 0.15) is 17.3 Å². The number of ether oxygens (including phenoxy) is 1. The maximum absolute atomic E-state index is 13.1. The fraction of sp³-hybridized carbons (Fsp3) is 0.458. The second-order valence-electron chi connectivity index (χ2n) is 8.90. The molecule has 3 heterocycles. The first kappa shape index (κ1) is 21.0. The number of carbonyl (C=O) groups is 1. The van der Waals surface area contributed by atoms with Crippen LogP contribution in [0.5, 0.6) is 5.75 Å². The number of amides is 1. The number of hydrogen-bond donors (Lipinski definition) is 0. The van der Waals surface area contributed by atoms with Crippen molar-refractivity contribution in [2.45, 2.75) is 38.0 Å². The monoisotopic (exact) mass is 443 g/mol. The van der Waals surface area contributed by atoms with Gasteiger partial charge in [-0.05, 0) is 67.2 Å². The molecule has 8 heteroatoms. The summed E-state index contributed by atoms with van der Waals surface area (Å²) in [5.41, 5.74) is 1.06. The van der Waals surface area contributed by atoms with Crippen LogP contribution in [-0.4, -0.2) is 42.3 Å². The molecule has 0 spiro atoms. The normalized spacial score (nSPS) is 31.2. The standard InChI is InChI=1S/C24H24F3N3O2/c25-24(26,27)32-21-8-4-3-7-19(21)16-10-17-13-30(14-18(17)11-16)23(31)20-12-15-6-2-1-5-9-28-22(15)29-20/h1,3-5,7-9,12,15-18H,2,6,10-11,13-14H2/b5-1-,28-9-/t15?,16-,17-,18+. The summed E-state index contributed by atoms with van der Waals surface area (Å²) in [6, 6.07) is 6.40. The number of alkyl halides is 3. The van der Waals surface area contributed by atoms with Crippen molar-refractivity contribution in [2.75, 3.05) is 13.1 Å². The smallest absolute Gasteiger partial charge is 0.405 e. The molecule has 1 aromatic rings. The summed E-state index contributed by atoms with van der Waals surface area (Å²) in [5, 5.41) is 0. The summed E-state index contributed by atoms with van der Waals surface area (Å²) in [5.74, 6) is 1.13. The minimum Gasteiger partial charge on any atom is -0.405 e. The van der Waals surface area contributed by atoms with E-state index in [1.54, 1.807) is 24.4 Å². The van der Waals surface area contributed by atoms with Crippen molar-refractivity contribution in [3.05, 3.63) is 53.8 Å². The number of amidine groups is 1. The lowest BCUT2D eigenvalue weighted by molar-refractivity contribution is -0.275. The van der Waals surface area contributed by atoms with Crippen LogP contribution in [-0.2, 0) is 4.79 Å². The summed E-state index contributed by atoms with van der Waals surface area (Å²) in [6.07, 6.45) is 6.19. The Morgan fingerprint density at radius 1 is 1.12 bits per heavy atom. The van der Waals surface area contributed by atoms with Gasteiger partial charge in [-0.3, -0.25) is 4.79 Å². The average molecular weight is 443 g/mol. The number of para-hydroxylation sites is 1. The zero-order valence-electron chi connectivity index (χ0n) is 17.5. The molecule has 2 fully saturated rings. The van der Waals surface area contributed by atoms with E-state index in [1.165, 1.54) is 6.07 Å². The quantitative estimate of drug-likeness (QED) is 0.669. The number of halogens is 3. The van der Waals surface area contributed by atoms with Gasteiger partial charge in [0.05, 0.1) is 0 Å². The van der Waals surface area contributed by atoms with Crippen molar-refractivity contribution in [2.24, 2.45) is 27.7 Å². The zero-order valence-corrected chi connectivity index (χ0v) is 17.5. The number of aliphatic imine (C=N–C) groups is 2. The number of likely N-dealkylation sites (tertiary alicyclic amines) is 1. The van der Waals surface area contributed by atoms with Crippen LogP contribution in [0, 0.1) is 17.8 Å². The van der Waals surface area contributed by atoms with Crippen LogP contribution in [0.4, 0.5) is 13.2 Å². The lowest BCUT2D eigenvalue weighted by Crippen LogP contribution is -2.30. The summed E-state index contributed by atoms with van der Waals surface area (Å²) >= 11 is 0. The molecule has 4 aliphatic rings. The molecule has 3 aliphatic heterocycles. The Balaban J connectivity index is 1.24. The molecule has 5 nitrogen and oxygen atoms in total. The van der Waals surface area contributed by atoms with Gasteiger partial charge in [0.2, 0.25) is 0 Å². The first-order chi connectivity index (χ1) is 15.4. The Morgan fingerprint density at radius 2 is 1.88 bits per heavy atom. The van der Waals surface area contributed by atoms with Crippen molar-refractivity contribution in [3.8, 4) is 5.75 Å². The van der Waals surface area contributed by atoms with Gasteiger partial charge in [0.25, 0.3) is 5.91 Å². The number of fused-ring (bicyclic) bond motifs is 2. The first-order valence-electron chi connectivity index (χ1n) is 11.0. The van der Waals surface area contributed by atoms with Crippen LogP contribution in [0.2, 0.25) is 0 Å². The van der Waals surface area contributed by atoms with Gasteiger partial charge in [-0.15, -0.1) is 13.2 Å². The molecule has 1 aromatic carbocycles. The highest BCUT2D eigenvalue weighted by Crippen LogP contribution is 2.49. The zero-order chi connectivity index (χ0) is 22.3. The fourth-order valence-corrected chi connectivity index (χ4v) is 5.43. The second kappa shape index (κ2) is 8.22. The predicted molar refractivity (Wildman–Crippen MR) is 115 cm³/mol. The highest BCUT2D eigenvalue weighted by Gasteiger charge is 2.44. The third-order valence-electron chi connectivity index (χ3n) is 6.84. The minimum atomic E-state index is -4.71. The second-order valence-corrected chi connectivity index (χ2v) is 8.90. The lowest BCUT2D eigenvalue weighted by Gasteiger charge is -2.21. The summed E-state index contributed by atoms with van der Waals surface area (Å²) in [4.78, 5) is 23.8. The molecule has 0 bridgehead atoms. The number of rotatable bonds is 3. The van der Waals surface area contributed by atoms with Gasteiger partial charge in [0.15, 0.2) is 0 Å². The van der Waals surface area contributed by atoms with Crippen molar-refractivity contribution in [1.82, 2.24) is 4.90 Å². The van der Waals surface area contributed by atoms with E-state index >= 15 is 0 Å². The first-order valence-corrected chi connectivity index (χ1v) is 11.0. The van der Waals surface area contributed by atoms with Gasteiger partial charge >= 0.3 is 6.36 Å². The fourth-order valence-electron chi connectivity index (χ4n) is 5.43. The van der Waals surface area contributed by atoms with Crippen LogP contribution in [0.1, 0.15) is 37.2 Å². The van der Waals surface area contributed by atoms with Crippen LogP contribution < -0.4 is 4.74 Å². The third kappa shape index (κ3) is 4.23. The molecule has 0 aromatic heterocycles. The molecule has 0 radical (unpaired) electrons. The van der Waals surface area contributed by atoms with Gasteiger partial charge in [-0.25, -0.2) is 9.98 Å². The predicted octanol–water partition coefficient (Wildman–Crippen LogP) is 4.87. The lowest BCUT2D eigenvalue weighted by atomic mass is 9.95. The Labute approximate surface area is 184 Å². The van der Waals surface area contributed by atoms with E-state index in [0.717, 1.165) is 25.7 Å². The molecule has 1 saturated heterocycles. The average Bonchev–Trinajstić information content (AvgIpc) is 3.40. The number of hydrogen-bond acceptors (Lipinski definition) is 4. The van der Waals surface area contributed by atoms with E-state index < -0.39 is 6.36 Å². The van der Waals surface area contributed by atoms with Gasteiger partial charge in [-0.1, -0.05) is 24.3 Å². The molecule has 32 heavy (non-hydrogen) atoms. The number of allylic oxidation sites excluding steroid dienone is 2. The van der Waals surface area contributed by atoms with E-state index in [0.29, 0.717) is 30.2 Å². The van der Waals surface area contributed by atoms with Gasteiger partial charge in [0, 0.05) is 25.2 Å². The topological polar surface area (TPSA) is 54.3 Å². The molecule has 5 rings (SSSR count). The molecular weight excluding hydrogens is 419 g/mol. The van der Waals surface area contributed by atoms with E-state index in [4.69, 9.17) is 0 Å². The van der Waals surface area contributed by atoms with Crippen molar-refractivity contribution < 1.29 is 22.7 Å². The van der Waals surface area contributed by atoms with E-state index in [2.05, 4.69) is 20.8 Å². The molecule has 168 valence electrons. The van der Waals surface area contributed by atoms with E-state index in [1.807, 2.05) is 17.1 Å². The molecular formula is C24H24F3N3O2. The van der Waals surface area contributed by atoms with Crippen LogP contribution in [0.25, 0.3) is 0 Å².